The number of rotatable bonds is 6. The minimum atomic E-state index is -0.0608. The van der Waals surface area contributed by atoms with Crippen molar-refractivity contribution in [2.45, 2.75) is 32.4 Å². The summed E-state index contributed by atoms with van der Waals surface area (Å²) in [5, 5.41) is 0. The monoisotopic (exact) mass is 233 g/mol. The quantitative estimate of drug-likeness (QED) is 0.428. The molecule has 0 amide bonds. The van der Waals surface area contributed by atoms with E-state index in [9.17, 15) is 4.79 Å². The molecule has 0 aromatic heterocycles. The molecule has 0 N–H and O–H groups in total. The Hall–Kier alpha value is -1.35. The Balaban J connectivity index is 1.71. The van der Waals surface area contributed by atoms with E-state index in [0.717, 1.165) is 25.9 Å². The summed E-state index contributed by atoms with van der Waals surface area (Å²) in [4.78, 5) is 13.7. The van der Waals surface area contributed by atoms with Gasteiger partial charge in [-0.2, -0.15) is 0 Å². The first-order valence-corrected chi connectivity index (χ1v) is 6.26. The molecule has 0 saturated carbocycles. The van der Waals surface area contributed by atoms with Crippen LogP contribution < -0.4 is 0 Å². The van der Waals surface area contributed by atoms with Crippen LogP contribution in [0, 0.1) is 0 Å². The second kappa shape index (κ2) is 5.82. The Labute approximate surface area is 102 Å². The Morgan fingerprint density at radius 1 is 1.41 bits per heavy atom. The molecule has 1 aliphatic rings. The molecule has 2 unspecified atom stereocenters. The molecule has 3 nitrogen and oxygen atoms in total. The van der Waals surface area contributed by atoms with Gasteiger partial charge in [0.15, 0.2) is 0 Å². The molecule has 2 atom stereocenters. The zero-order valence-electron chi connectivity index (χ0n) is 10.3. The summed E-state index contributed by atoms with van der Waals surface area (Å²) in [7, 11) is 0. The molecule has 1 heterocycles. The van der Waals surface area contributed by atoms with E-state index in [1.54, 1.807) is 0 Å². The second-order valence-corrected chi connectivity index (χ2v) is 4.45. The number of nitrogens with zero attached hydrogens (tertiary/aromatic N) is 1. The fraction of sp³-hybridized carbons (Fsp3) is 0.500. The summed E-state index contributed by atoms with van der Waals surface area (Å²) >= 11 is 0. The third-order valence-corrected chi connectivity index (χ3v) is 2.96. The lowest BCUT2D eigenvalue weighted by molar-refractivity contribution is -0.144. The van der Waals surface area contributed by atoms with Crippen molar-refractivity contribution in [2.24, 2.45) is 0 Å². The van der Waals surface area contributed by atoms with Gasteiger partial charge in [-0.25, -0.2) is 0 Å². The third-order valence-electron chi connectivity index (χ3n) is 2.96. The van der Waals surface area contributed by atoms with Crippen LogP contribution in [0.25, 0.3) is 0 Å². The molecule has 1 fully saturated rings. The zero-order valence-corrected chi connectivity index (χ0v) is 10.3. The first-order chi connectivity index (χ1) is 8.31. The zero-order chi connectivity index (χ0) is 12.1. The van der Waals surface area contributed by atoms with Crippen LogP contribution in [-0.4, -0.2) is 30.1 Å². The van der Waals surface area contributed by atoms with Crippen molar-refractivity contribution in [3.63, 3.8) is 0 Å². The van der Waals surface area contributed by atoms with Crippen LogP contribution >= 0.6 is 0 Å². The smallest absolute Gasteiger partial charge is 0.324 e. The van der Waals surface area contributed by atoms with E-state index in [-0.39, 0.29) is 12.0 Å². The van der Waals surface area contributed by atoms with E-state index in [2.05, 4.69) is 24.0 Å². The lowest BCUT2D eigenvalue weighted by atomic mass is 10.2. The van der Waals surface area contributed by atoms with Crippen molar-refractivity contribution in [3.8, 4) is 0 Å². The van der Waals surface area contributed by atoms with Crippen LogP contribution in [0.3, 0.4) is 0 Å². The number of carbonyl (C=O) groups excluding carboxylic acids is 1. The minimum absolute atomic E-state index is 0.00735. The highest BCUT2D eigenvalue weighted by Crippen LogP contribution is 2.22. The summed E-state index contributed by atoms with van der Waals surface area (Å²) in [5.74, 6) is -0.0608. The van der Waals surface area contributed by atoms with Gasteiger partial charge < -0.3 is 4.74 Å². The van der Waals surface area contributed by atoms with Crippen molar-refractivity contribution < 1.29 is 9.53 Å². The molecule has 1 aromatic rings. The standard InChI is InChI=1S/C14H19NO2/c1-2-3-9-17-14(16)13-11-15(13)10-12-7-5-4-6-8-12/h4-8,13H,2-3,9-11H2,1H3. The summed E-state index contributed by atoms with van der Waals surface area (Å²) in [6.07, 6.45) is 2.02. The number of unbranched alkanes of at least 4 members (excludes halogenated alkanes) is 1. The molecule has 0 spiro atoms. The Bertz CT molecular complexity index is 364. The molecule has 3 heteroatoms. The number of ether oxygens (including phenoxy) is 1. The SMILES string of the molecule is CCCCOC(=O)C1CN1Cc1ccccc1. The second-order valence-electron chi connectivity index (χ2n) is 4.45. The van der Waals surface area contributed by atoms with E-state index < -0.39 is 0 Å². The Morgan fingerprint density at radius 2 is 2.18 bits per heavy atom. The van der Waals surface area contributed by atoms with Gasteiger partial charge >= 0.3 is 5.97 Å². The number of benzene rings is 1. The first-order valence-electron chi connectivity index (χ1n) is 6.26. The fourth-order valence-corrected chi connectivity index (χ4v) is 1.80. The molecule has 2 rings (SSSR count). The lowest BCUT2D eigenvalue weighted by Gasteiger charge is -2.05. The minimum Gasteiger partial charge on any atom is -0.464 e. The average Bonchev–Trinajstić information content (AvgIpc) is 3.10. The predicted molar refractivity (Wildman–Crippen MR) is 66.5 cm³/mol. The van der Waals surface area contributed by atoms with Gasteiger partial charge in [0.05, 0.1) is 6.61 Å². The maximum atomic E-state index is 11.6. The largest absolute Gasteiger partial charge is 0.464 e. The highest BCUT2D eigenvalue weighted by atomic mass is 16.5. The van der Waals surface area contributed by atoms with E-state index in [4.69, 9.17) is 4.74 Å². The molecule has 1 saturated heterocycles. The summed E-state index contributed by atoms with van der Waals surface area (Å²) in [5.41, 5.74) is 1.25. The van der Waals surface area contributed by atoms with E-state index in [1.807, 2.05) is 18.2 Å². The van der Waals surface area contributed by atoms with Gasteiger partial charge in [0, 0.05) is 13.1 Å². The number of hydrogen-bond donors (Lipinski definition) is 0. The van der Waals surface area contributed by atoms with E-state index >= 15 is 0 Å². The van der Waals surface area contributed by atoms with Crippen LogP contribution in [0.4, 0.5) is 0 Å². The highest BCUT2D eigenvalue weighted by Gasteiger charge is 2.41. The van der Waals surface area contributed by atoms with Gasteiger partial charge in [0.25, 0.3) is 0 Å². The van der Waals surface area contributed by atoms with Crippen molar-refractivity contribution in [3.05, 3.63) is 35.9 Å². The predicted octanol–water partition coefficient (Wildman–Crippen LogP) is 2.21. The maximum absolute atomic E-state index is 11.6. The van der Waals surface area contributed by atoms with Crippen LogP contribution in [0.5, 0.6) is 0 Å². The summed E-state index contributed by atoms with van der Waals surface area (Å²) in [6.45, 7) is 4.33. The lowest BCUT2D eigenvalue weighted by Crippen LogP contribution is -2.16. The normalized spacial score (nSPS) is 22.2. The van der Waals surface area contributed by atoms with E-state index in [0.29, 0.717) is 6.61 Å². The van der Waals surface area contributed by atoms with Gasteiger partial charge in [0.1, 0.15) is 6.04 Å². The van der Waals surface area contributed by atoms with Gasteiger partial charge in [-0.15, -0.1) is 0 Å². The number of esters is 1. The average molecular weight is 233 g/mol. The number of carbonyl (C=O) groups is 1. The van der Waals surface area contributed by atoms with Crippen molar-refractivity contribution in [2.75, 3.05) is 13.2 Å². The first kappa shape index (κ1) is 12.1. The Morgan fingerprint density at radius 3 is 2.88 bits per heavy atom. The maximum Gasteiger partial charge on any atom is 0.324 e. The van der Waals surface area contributed by atoms with Crippen molar-refractivity contribution in [1.29, 1.82) is 0 Å². The molecule has 17 heavy (non-hydrogen) atoms. The van der Waals surface area contributed by atoms with Crippen LogP contribution in [-0.2, 0) is 16.1 Å². The topological polar surface area (TPSA) is 29.3 Å². The Kier molecular flexibility index (Phi) is 4.15. The fourth-order valence-electron chi connectivity index (χ4n) is 1.80. The number of hydrogen-bond acceptors (Lipinski definition) is 3. The van der Waals surface area contributed by atoms with Crippen LogP contribution in [0.15, 0.2) is 30.3 Å². The van der Waals surface area contributed by atoms with Crippen molar-refractivity contribution >= 4 is 5.97 Å². The van der Waals surface area contributed by atoms with E-state index in [1.165, 1.54) is 5.56 Å². The highest BCUT2D eigenvalue weighted by molar-refractivity contribution is 5.79. The molecular weight excluding hydrogens is 214 g/mol. The molecule has 0 aliphatic carbocycles. The molecule has 1 aliphatic heterocycles. The van der Waals surface area contributed by atoms with Crippen LogP contribution in [0.2, 0.25) is 0 Å². The molecule has 0 radical (unpaired) electrons. The summed E-state index contributed by atoms with van der Waals surface area (Å²) in [6, 6.07) is 10.2. The van der Waals surface area contributed by atoms with Gasteiger partial charge in [-0.1, -0.05) is 43.7 Å². The van der Waals surface area contributed by atoms with Crippen LogP contribution in [0.1, 0.15) is 25.3 Å². The molecule has 92 valence electrons. The van der Waals surface area contributed by atoms with Crippen molar-refractivity contribution in [1.82, 2.24) is 4.90 Å². The third kappa shape index (κ3) is 3.56. The van der Waals surface area contributed by atoms with Gasteiger partial charge in [-0.05, 0) is 12.0 Å². The molecule has 1 aromatic carbocycles. The van der Waals surface area contributed by atoms with Gasteiger partial charge in [-0.3, -0.25) is 9.69 Å². The summed E-state index contributed by atoms with van der Waals surface area (Å²) < 4.78 is 5.19. The molecule has 0 bridgehead atoms. The molecular formula is C14H19NO2. The van der Waals surface area contributed by atoms with Gasteiger partial charge in [0.2, 0.25) is 0 Å².